The lowest BCUT2D eigenvalue weighted by Crippen LogP contribution is -2.40. The van der Waals surface area contributed by atoms with Crippen molar-refractivity contribution >= 4 is 11.4 Å². The Labute approximate surface area is 111 Å². The number of benzene rings is 1. The Hall–Kier alpha value is -1.35. The van der Waals surface area contributed by atoms with Crippen molar-refractivity contribution < 1.29 is 0 Å². The van der Waals surface area contributed by atoms with Gasteiger partial charge in [-0.15, -0.1) is 0 Å². The van der Waals surface area contributed by atoms with E-state index in [9.17, 15) is 0 Å². The van der Waals surface area contributed by atoms with Crippen LogP contribution in [0.4, 0.5) is 5.69 Å². The van der Waals surface area contributed by atoms with Crippen LogP contribution in [-0.2, 0) is 0 Å². The molecule has 0 aliphatic heterocycles. The normalized spacial score (nSPS) is 14.4. The number of hydrazone groups is 1. The first kappa shape index (κ1) is 14.7. The molecule has 100 valence electrons. The molecule has 3 nitrogen and oxygen atoms in total. The molecule has 0 aliphatic carbocycles. The molecule has 1 unspecified atom stereocenters. The second-order valence-corrected chi connectivity index (χ2v) is 5.58. The highest BCUT2D eigenvalue weighted by Crippen LogP contribution is 2.21. The highest BCUT2D eigenvalue weighted by Gasteiger charge is 2.18. The van der Waals surface area contributed by atoms with Gasteiger partial charge in [-0.3, -0.25) is 5.32 Å². The fourth-order valence-corrected chi connectivity index (χ4v) is 1.38. The molecule has 0 amide bonds. The Morgan fingerprint density at radius 1 is 1.22 bits per heavy atom. The third-order valence-electron chi connectivity index (χ3n) is 3.15. The van der Waals surface area contributed by atoms with Crippen molar-refractivity contribution in [1.29, 1.82) is 0 Å². The van der Waals surface area contributed by atoms with Gasteiger partial charge in [0.1, 0.15) is 0 Å². The van der Waals surface area contributed by atoms with Crippen molar-refractivity contribution in [3.63, 3.8) is 0 Å². The fourth-order valence-electron chi connectivity index (χ4n) is 1.38. The zero-order valence-corrected chi connectivity index (χ0v) is 12.4. The van der Waals surface area contributed by atoms with Gasteiger partial charge >= 0.3 is 0 Å². The molecule has 0 saturated carbocycles. The topological polar surface area (TPSA) is 27.6 Å². The largest absolute Gasteiger partial charge is 0.299 e. The molecule has 0 aliphatic rings. The van der Waals surface area contributed by atoms with Crippen molar-refractivity contribution in [3.8, 4) is 0 Å². The average molecular weight is 247 g/mol. The Bertz CT molecular complexity index is 390. The lowest BCUT2D eigenvalue weighted by molar-refractivity contribution is 0.551. The second kappa shape index (κ2) is 6.01. The maximum atomic E-state index is 4.78. The van der Waals surface area contributed by atoms with Gasteiger partial charge in [0.25, 0.3) is 0 Å². The van der Waals surface area contributed by atoms with E-state index >= 15 is 0 Å². The summed E-state index contributed by atoms with van der Waals surface area (Å²) in [6, 6.07) is 10.2. The van der Waals surface area contributed by atoms with E-state index in [-0.39, 0.29) is 11.6 Å². The van der Waals surface area contributed by atoms with Crippen LogP contribution in [0.5, 0.6) is 0 Å². The van der Waals surface area contributed by atoms with Crippen LogP contribution in [0.15, 0.2) is 35.4 Å². The highest BCUT2D eigenvalue weighted by atomic mass is 15.5. The van der Waals surface area contributed by atoms with Crippen LogP contribution < -0.4 is 10.3 Å². The van der Waals surface area contributed by atoms with Crippen molar-refractivity contribution in [2.75, 3.05) is 12.1 Å². The minimum atomic E-state index is 0.0838. The van der Waals surface area contributed by atoms with Gasteiger partial charge in [0.2, 0.25) is 0 Å². The number of para-hydroxylation sites is 1. The summed E-state index contributed by atoms with van der Waals surface area (Å²) < 4.78 is 0. The van der Waals surface area contributed by atoms with Crippen molar-refractivity contribution in [2.24, 2.45) is 10.5 Å². The molecule has 0 heterocycles. The smallest absolute Gasteiger partial charge is 0.0989 e. The standard InChI is InChI=1S/C15H25N3/c1-12(15(3,4)5)17-18(13(2)16-6)14-10-8-7-9-11-14/h7-11,13,16H,1-6H3/b17-12+. The van der Waals surface area contributed by atoms with Gasteiger partial charge in [0, 0.05) is 11.1 Å². The van der Waals surface area contributed by atoms with Crippen LogP contribution in [-0.4, -0.2) is 18.9 Å². The van der Waals surface area contributed by atoms with Crippen LogP contribution >= 0.6 is 0 Å². The molecule has 18 heavy (non-hydrogen) atoms. The van der Waals surface area contributed by atoms with Crippen LogP contribution in [0.1, 0.15) is 34.6 Å². The van der Waals surface area contributed by atoms with Gasteiger partial charge < -0.3 is 0 Å². The first-order valence-corrected chi connectivity index (χ1v) is 6.43. The van der Waals surface area contributed by atoms with E-state index in [4.69, 9.17) is 5.10 Å². The van der Waals surface area contributed by atoms with Gasteiger partial charge in [0.15, 0.2) is 0 Å². The Balaban J connectivity index is 3.09. The van der Waals surface area contributed by atoms with Crippen molar-refractivity contribution in [2.45, 2.75) is 40.8 Å². The third-order valence-corrected chi connectivity index (χ3v) is 3.15. The zero-order valence-electron chi connectivity index (χ0n) is 12.4. The summed E-state index contributed by atoms with van der Waals surface area (Å²) in [5, 5.41) is 10.0. The summed E-state index contributed by atoms with van der Waals surface area (Å²) in [7, 11) is 1.95. The molecule has 0 fully saturated rings. The first-order chi connectivity index (χ1) is 8.36. The lowest BCUT2D eigenvalue weighted by Gasteiger charge is -2.29. The molecule has 1 aromatic rings. The number of rotatable bonds is 4. The molecular formula is C15H25N3. The predicted octanol–water partition coefficient (Wildman–Crippen LogP) is 3.48. The summed E-state index contributed by atoms with van der Waals surface area (Å²) in [6.07, 6.45) is 0.157. The molecule has 0 radical (unpaired) electrons. The fraction of sp³-hybridized carbons (Fsp3) is 0.533. The number of hydrogen-bond donors (Lipinski definition) is 1. The quantitative estimate of drug-likeness (QED) is 0.501. The van der Waals surface area contributed by atoms with Crippen LogP contribution in [0, 0.1) is 5.41 Å². The van der Waals surface area contributed by atoms with Gasteiger partial charge in [-0.2, -0.15) is 5.10 Å². The summed E-state index contributed by atoms with van der Waals surface area (Å²) in [5.74, 6) is 0. The van der Waals surface area contributed by atoms with E-state index < -0.39 is 0 Å². The van der Waals surface area contributed by atoms with E-state index in [0.717, 1.165) is 11.4 Å². The minimum Gasteiger partial charge on any atom is -0.299 e. The van der Waals surface area contributed by atoms with Crippen LogP contribution in [0.25, 0.3) is 0 Å². The van der Waals surface area contributed by atoms with Crippen LogP contribution in [0.3, 0.4) is 0 Å². The highest BCUT2D eigenvalue weighted by molar-refractivity contribution is 5.87. The third kappa shape index (κ3) is 3.84. The van der Waals surface area contributed by atoms with Gasteiger partial charge in [-0.25, -0.2) is 5.01 Å². The Kier molecular flexibility index (Phi) is 4.91. The Morgan fingerprint density at radius 3 is 2.22 bits per heavy atom. The van der Waals surface area contributed by atoms with E-state index in [0.29, 0.717) is 0 Å². The van der Waals surface area contributed by atoms with Crippen molar-refractivity contribution in [3.05, 3.63) is 30.3 Å². The SMILES string of the molecule is CNC(C)N(/N=C(\C)C(C)(C)C)c1ccccc1. The van der Waals surface area contributed by atoms with Crippen LogP contribution in [0.2, 0.25) is 0 Å². The molecule has 1 aromatic carbocycles. The van der Waals surface area contributed by atoms with Gasteiger partial charge in [-0.05, 0) is 33.0 Å². The van der Waals surface area contributed by atoms with E-state index in [1.807, 2.05) is 30.3 Å². The molecule has 0 spiro atoms. The number of anilines is 1. The summed E-state index contributed by atoms with van der Waals surface area (Å²) >= 11 is 0. The Morgan fingerprint density at radius 2 is 1.78 bits per heavy atom. The minimum absolute atomic E-state index is 0.0838. The molecule has 0 bridgehead atoms. The van der Waals surface area contributed by atoms with E-state index in [1.54, 1.807) is 0 Å². The predicted molar refractivity (Wildman–Crippen MR) is 80.0 cm³/mol. The lowest BCUT2D eigenvalue weighted by atomic mass is 9.91. The van der Waals surface area contributed by atoms with E-state index in [2.05, 4.69) is 52.1 Å². The van der Waals surface area contributed by atoms with Gasteiger partial charge in [-0.1, -0.05) is 39.0 Å². The monoisotopic (exact) mass is 247 g/mol. The first-order valence-electron chi connectivity index (χ1n) is 6.43. The molecule has 1 atom stereocenters. The number of nitrogens with zero attached hydrogens (tertiary/aromatic N) is 2. The summed E-state index contributed by atoms with van der Waals surface area (Å²) in [4.78, 5) is 0. The molecule has 1 rings (SSSR count). The summed E-state index contributed by atoms with van der Waals surface area (Å²) in [6.45, 7) is 10.7. The number of hydrogen-bond acceptors (Lipinski definition) is 3. The van der Waals surface area contributed by atoms with Crippen molar-refractivity contribution in [1.82, 2.24) is 5.32 Å². The van der Waals surface area contributed by atoms with Gasteiger partial charge in [0.05, 0.1) is 11.9 Å². The molecule has 3 heteroatoms. The number of nitrogens with one attached hydrogen (secondary N) is 1. The van der Waals surface area contributed by atoms with E-state index in [1.165, 1.54) is 0 Å². The molecule has 0 saturated heterocycles. The maximum absolute atomic E-state index is 4.78. The average Bonchev–Trinajstić information content (AvgIpc) is 2.34. The molecular weight excluding hydrogens is 222 g/mol. The maximum Gasteiger partial charge on any atom is 0.0989 e. The summed E-state index contributed by atoms with van der Waals surface area (Å²) in [5.41, 5.74) is 2.30. The zero-order chi connectivity index (χ0) is 13.8. The second-order valence-electron chi connectivity index (χ2n) is 5.58. The molecule has 1 N–H and O–H groups in total. The molecule has 0 aromatic heterocycles.